The van der Waals surface area contributed by atoms with E-state index >= 15 is 0 Å². The largest absolute Gasteiger partial charge is 0.493 e. The Balaban J connectivity index is 1.72. The molecule has 0 aliphatic rings. The van der Waals surface area contributed by atoms with Crippen molar-refractivity contribution in [3.63, 3.8) is 0 Å². The molecule has 2 aromatic carbocycles. The lowest BCUT2D eigenvalue weighted by Gasteiger charge is -2.13. The van der Waals surface area contributed by atoms with Crippen LogP contribution < -0.4 is 19.5 Å². The molecule has 0 atom stereocenters. The van der Waals surface area contributed by atoms with Gasteiger partial charge >= 0.3 is 0 Å². The predicted molar refractivity (Wildman–Crippen MR) is 103 cm³/mol. The molecule has 6 nitrogen and oxygen atoms in total. The Bertz CT molecular complexity index is 913. The second-order valence-electron chi connectivity index (χ2n) is 5.63. The second-order valence-corrected chi connectivity index (χ2v) is 5.63. The van der Waals surface area contributed by atoms with Crippen LogP contribution in [0, 0.1) is 0 Å². The van der Waals surface area contributed by atoms with Crippen molar-refractivity contribution in [3.05, 3.63) is 78.1 Å². The highest BCUT2D eigenvalue weighted by Gasteiger charge is 2.16. The first kappa shape index (κ1) is 18.3. The molecule has 0 spiro atoms. The van der Waals surface area contributed by atoms with E-state index in [4.69, 9.17) is 14.2 Å². The lowest BCUT2D eigenvalue weighted by atomic mass is 10.1. The summed E-state index contributed by atoms with van der Waals surface area (Å²) in [5, 5.41) is 2.85. The number of nitrogens with zero attached hydrogens (tertiary/aromatic N) is 1. The van der Waals surface area contributed by atoms with E-state index in [2.05, 4.69) is 10.3 Å². The standard InChI is InChI=1S/C21H20N2O4/c1-25-19-11-6-10-18(20(19)26-2)21(24)23-15-8-5-9-17(13-15)27-14-16-7-3-4-12-22-16/h3-13H,14H2,1-2H3,(H,23,24). The number of pyridine rings is 1. The van der Waals surface area contributed by atoms with Gasteiger partial charge in [0.1, 0.15) is 12.4 Å². The first-order chi connectivity index (χ1) is 13.2. The fourth-order valence-electron chi connectivity index (χ4n) is 2.57. The lowest BCUT2D eigenvalue weighted by molar-refractivity contribution is 0.102. The molecule has 0 saturated carbocycles. The van der Waals surface area contributed by atoms with Crippen molar-refractivity contribution in [2.75, 3.05) is 19.5 Å². The maximum Gasteiger partial charge on any atom is 0.259 e. The molecule has 0 aliphatic carbocycles. The topological polar surface area (TPSA) is 69.7 Å². The Hall–Kier alpha value is -3.54. The number of hydrogen-bond acceptors (Lipinski definition) is 5. The molecule has 1 N–H and O–H groups in total. The maximum absolute atomic E-state index is 12.7. The number of benzene rings is 2. The van der Waals surface area contributed by atoms with Gasteiger partial charge in [-0.3, -0.25) is 9.78 Å². The number of hydrogen-bond donors (Lipinski definition) is 1. The van der Waals surface area contributed by atoms with Gasteiger partial charge < -0.3 is 19.5 Å². The maximum atomic E-state index is 12.7. The van der Waals surface area contributed by atoms with Crippen molar-refractivity contribution in [2.45, 2.75) is 6.61 Å². The van der Waals surface area contributed by atoms with Gasteiger partial charge in [-0.15, -0.1) is 0 Å². The fourth-order valence-corrected chi connectivity index (χ4v) is 2.57. The molecule has 0 bridgehead atoms. The van der Waals surface area contributed by atoms with Crippen molar-refractivity contribution in [1.29, 1.82) is 0 Å². The highest BCUT2D eigenvalue weighted by molar-refractivity contribution is 6.06. The summed E-state index contributed by atoms with van der Waals surface area (Å²) in [7, 11) is 3.03. The van der Waals surface area contributed by atoms with Crippen LogP contribution in [0.2, 0.25) is 0 Å². The molecule has 0 saturated heterocycles. The Kier molecular flexibility index (Phi) is 5.89. The Labute approximate surface area is 157 Å². The predicted octanol–water partition coefficient (Wildman–Crippen LogP) is 3.93. The molecule has 0 aliphatic heterocycles. The van der Waals surface area contributed by atoms with Gasteiger partial charge in [-0.05, 0) is 36.4 Å². The quantitative estimate of drug-likeness (QED) is 0.688. The molecular weight excluding hydrogens is 344 g/mol. The number of methoxy groups -OCH3 is 2. The third kappa shape index (κ3) is 4.55. The molecule has 3 rings (SSSR count). The summed E-state index contributed by atoms with van der Waals surface area (Å²) in [6.45, 7) is 0.349. The smallest absolute Gasteiger partial charge is 0.259 e. The van der Waals surface area contributed by atoms with Gasteiger partial charge in [-0.25, -0.2) is 0 Å². The number of ether oxygens (including phenoxy) is 3. The molecule has 1 amide bonds. The van der Waals surface area contributed by atoms with Gasteiger partial charge in [0, 0.05) is 18.0 Å². The number of carbonyl (C=O) groups excluding carboxylic acids is 1. The van der Waals surface area contributed by atoms with E-state index in [-0.39, 0.29) is 5.91 Å². The Morgan fingerprint density at radius 3 is 2.59 bits per heavy atom. The molecule has 6 heteroatoms. The van der Waals surface area contributed by atoms with Crippen LogP contribution in [-0.2, 0) is 6.61 Å². The van der Waals surface area contributed by atoms with Crippen molar-refractivity contribution in [3.8, 4) is 17.2 Å². The van der Waals surface area contributed by atoms with Crippen LogP contribution in [0.25, 0.3) is 0 Å². The molecule has 0 fully saturated rings. The number of carbonyl (C=O) groups is 1. The summed E-state index contributed by atoms with van der Waals surface area (Å²) < 4.78 is 16.3. The van der Waals surface area contributed by atoms with Crippen LogP contribution in [0.3, 0.4) is 0 Å². The third-order valence-corrected chi connectivity index (χ3v) is 3.85. The van der Waals surface area contributed by atoms with E-state index in [1.807, 2.05) is 30.3 Å². The molecule has 0 unspecified atom stereocenters. The fraction of sp³-hybridized carbons (Fsp3) is 0.143. The number of nitrogens with one attached hydrogen (secondary N) is 1. The Morgan fingerprint density at radius 2 is 1.85 bits per heavy atom. The summed E-state index contributed by atoms with van der Waals surface area (Å²) in [5.74, 6) is 1.22. The van der Waals surface area contributed by atoms with Gasteiger partial charge in [-0.1, -0.05) is 18.2 Å². The van der Waals surface area contributed by atoms with E-state index in [1.54, 1.807) is 36.5 Å². The van der Waals surface area contributed by atoms with Crippen LogP contribution in [0.1, 0.15) is 16.1 Å². The van der Waals surface area contributed by atoms with E-state index in [0.717, 1.165) is 5.69 Å². The van der Waals surface area contributed by atoms with E-state index in [9.17, 15) is 4.79 Å². The first-order valence-electron chi connectivity index (χ1n) is 8.36. The minimum atomic E-state index is -0.298. The van der Waals surface area contributed by atoms with Gasteiger partial charge in [0.05, 0.1) is 25.5 Å². The van der Waals surface area contributed by atoms with Crippen LogP contribution in [0.15, 0.2) is 66.9 Å². The molecule has 138 valence electrons. The molecule has 3 aromatic rings. The minimum Gasteiger partial charge on any atom is -0.493 e. The number of amides is 1. The zero-order chi connectivity index (χ0) is 19.1. The zero-order valence-electron chi connectivity index (χ0n) is 15.1. The lowest BCUT2D eigenvalue weighted by Crippen LogP contribution is -2.13. The molecule has 27 heavy (non-hydrogen) atoms. The number of aromatic nitrogens is 1. The van der Waals surface area contributed by atoms with Crippen LogP contribution in [-0.4, -0.2) is 25.1 Å². The van der Waals surface area contributed by atoms with Crippen molar-refractivity contribution < 1.29 is 19.0 Å². The minimum absolute atomic E-state index is 0.298. The molecular formula is C21H20N2O4. The third-order valence-electron chi connectivity index (χ3n) is 3.85. The summed E-state index contributed by atoms with van der Waals surface area (Å²) in [6, 6.07) is 18.0. The van der Waals surface area contributed by atoms with E-state index in [1.165, 1.54) is 14.2 Å². The monoisotopic (exact) mass is 364 g/mol. The van der Waals surface area contributed by atoms with Crippen molar-refractivity contribution >= 4 is 11.6 Å². The van der Waals surface area contributed by atoms with E-state index in [0.29, 0.717) is 35.1 Å². The van der Waals surface area contributed by atoms with Gasteiger partial charge in [-0.2, -0.15) is 0 Å². The van der Waals surface area contributed by atoms with Gasteiger partial charge in [0.15, 0.2) is 11.5 Å². The Morgan fingerprint density at radius 1 is 1.00 bits per heavy atom. The highest BCUT2D eigenvalue weighted by Crippen LogP contribution is 2.31. The number of rotatable bonds is 7. The average molecular weight is 364 g/mol. The van der Waals surface area contributed by atoms with Gasteiger partial charge in [0.2, 0.25) is 0 Å². The zero-order valence-corrected chi connectivity index (χ0v) is 15.1. The van der Waals surface area contributed by atoms with Crippen LogP contribution >= 0.6 is 0 Å². The van der Waals surface area contributed by atoms with Crippen LogP contribution in [0.5, 0.6) is 17.2 Å². The summed E-state index contributed by atoms with van der Waals surface area (Å²) in [4.78, 5) is 16.9. The van der Waals surface area contributed by atoms with E-state index < -0.39 is 0 Å². The second kappa shape index (κ2) is 8.71. The average Bonchev–Trinajstić information content (AvgIpc) is 2.72. The SMILES string of the molecule is COc1cccc(C(=O)Nc2cccc(OCc3ccccn3)c2)c1OC. The molecule has 1 heterocycles. The highest BCUT2D eigenvalue weighted by atomic mass is 16.5. The van der Waals surface area contributed by atoms with Crippen LogP contribution in [0.4, 0.5) is 5.69 Å². The number of anilines is 1. The summed E-state index contributed by atoms with van der Waals surface area (Å²) in [5.41, 5.74) is 1.83. The summed E-state index contributed by atoms with van der Waals surface area (Å²) >= 11 is 0. The van der Waals surface area contributed by atoms with Crippen molar-refractivity contribution in [2.24, 2.45) is 0 Å². The first-order valence-corrected chi connectivity index (χ1v) is 8.36. The van der Waals surface area contributed by atoms with Crippen molar-refractivity contribution in [1.82, 2.24) is 4.98 Å². The normalized spacial score (nSPS) is 10.1. The van der Waals surface area contributed by atoms with Gasteiger partial charge in [0.25, 0.3) is 5.91 Å². The summed E-state index contributed by atoms with van der Waals surface area (Å²) in [6.07, 6.45) is 1.72. The number of para-hydroxylation sites is 1. The molecule has 0 radical (unpaired) electrons. The molecule has 1 aromatic heterocycles.